The smallest absolute Gasteiger partial charge is 0.270 e. The minimum absolute atomic E-state index is 0.0911. The number of nitrogens with zero attached hydrogens (tertiary/aromatic N) is 5. The third-order valence-electron chi connectivity index (χ3n) is 2.57. The van der Waals surface area contributed by atoms with Crippen LogP contribution in [0.1, 0.15) is 25.6 Å². The molecule has 0 aliphatic heterocycles. The summed E-state index contributed by atoms with van der Waals surface area (Å²) in [5, 5.41) is 13.0. The van der Waals surface area contributed by atoms with E-state index in [2.05, 4.69) is 5.10 Å². The molecule has 1 aromatic heterocycles. The molecule has 1 heterocycles. The summed E-state index contributed by atoms with van der Waals surface area (Å²) in [5.41, 5.74) is 0.620. The molecule has 19 heavy (non-hydrogen) atoms. The highest BCUT2D eigenvalue weighted by atomic mass is 32.2. The van der Waals surface area contributed by atoms with Crippen LogP contribution in [0.4, 0.5) is 0 Å². The van der Waals surface area contributed by atoms with Gasteiger partial charge in [0, 0.05) is 26.3 Å². The zero-order valence-electron chi connectivity index (χ0n) is 11.6. The second kappa shape index (κ2) is 6.14. The number of hydrogen-bond donors (Lipinski definition) is 0. The Balaban J connectivity index is 2.93. The van der Waals surface area contributed by atoms with Gasteiger partial charge in [-0.2, -0.15) is 27.4 Å². The largest absolute Gasteiger partial charge is 0.282 e. The summed E-state index contributed by atoms with van der Waals surface area (Å²) in [7, 11) is -0.742. The normalized spacial score (nSPS) is 12.3. The minimum atomic E-state index is -3.62. The van der Waals surface area contributed by atoms with Crippen molar-refractivity contribution in [2.75, 3.05) is 20.6 Å². The van der Waals surface area contributed by atoms with Gasteiger partial charge in [-0.1, -0.05) is 0 Å². The third kappa shape index (κ3) is 3.76. The molecule has 0 atom stereocenters. The van der Waals surface area contributed by atoms with Gasteiger partial charge in [-0.3, -0.25) is 4.68 Å². The van der Waals surface area contributed by atoms with Gasteiger partial charge in [0.1, 0.15) is 6.54 Å². The lowest BCUT2D eigenvalue weighted by atomic mass is 10.4. The Labute approximate surface area is 114 Å². The molecule has 0 radical (unpaired) electrons. The lowest BCUT2D eigenvalue weighted by Gasteiger charge is -2.22. The number of hydrogen-bond acceptors (Lipinski definition) is 4. The molecule has 7 nitrogen and oxygen atoms in total. The summed E-state index contributed by atoms with van der Waals surface area (Å²) >= 11 is 0. The van der Waals surface area contributed by atoms with Gasteiger partial charge in [-0.15, -0.1) is 0 Å². The van der Waals surface area contributed by atoms with Crippen LogP contribution in [0.3, 0.4) is 0 Å². The van der Waals surface area contributed by atoms with E-state index in [4.69, 9.17) is 5.26 Å². The molecule has 0 unspecified atom stereocenters. The first-order valence-electron chi connectivity index (χ1n) is 5.87. The monoisotopic (exact) mass is 285 g/mol. The van der Waals surface area contributed by atoms with E-state index in [-0.39, 0.29) is 19.1 Å². The van der Waals surface area contributed by atoms with Crippen molar-refractivity contribution < 1.29 is 8.42 Å². The van der Waals surface area contributed by atoms with Crippen LogP contribution in [0, 0.1) is 11.3 Å². The molecular formula is C11H19N5O2S. The lowest BCUT2D eigenvalue weighted by Crippen LogP contribution is -2.39. The van der Waals surface area contributed by atoms with E-state index >= 15 is 0 Å². The van der Waals surface area contributed by atoms with Crippen molar-refractivity contribution >= 4 is 10.2 Å². The van der Waals surface area contributed by atoms with E-state index < -0.39 is 10.2 Å². The molecule has 0 bridgehead atoms. The van der Waals surface area contributed by atoms with Gasteiger partial charge in [0.15, 0.2) is 0 Å². The van der Waals surface area contributed by atoms with E-state index in [1.807, 2.05) is 19.9 Å². The Kier molecular flexibility index (Phi) is 5.05. The molecule has 8 heteroatoms. The summed E-state index contributed by atoms with van der Waals surface area (Å²) in [6.45, 7) is 3.86. The van der Waals surface area contributed by atoms with Crippen molar-refractivity contribution in [2.24, 2.45) is 0 Å². The SMILES string of the molecule is CC(C)n1ccc(CN(CC#N)S(=O)(=O)N(C)C)n1. The van der Waals surface area contributed by atoms with Crippen LogP contribution in [-0.4, -0.2) is 47.4 Å². The summed E-state index contributed by atoms with van der Waals surface area (Å²) in [6.07, 6.45) is 1.80. The van der Waals surface area contributed by atoms with Crippen molar-refractivity contribution in [1.82, 2.24) is 18.4 Å². The first-order valence-corrected chi connectivity index (χ1v) is 7.27. The maximum absolute atomic E-state index is 12.0. The Morgan fingerprint density at radius 3 is 2.53 bits per heavy atom. The average molecular weight is 285 g/mol. The molecular weight excluding hydrogens is 266 g/mol. The zero-order chi connectivity index (χ0) is 14.6. The molecule has 0 spiro atoms. The lowest BCUT2D eigenvalue weighted by molar-refractivity contribution is 0.389. The second-order valence-corrected chi connectivity index (χ2v) is 6.74. The van der Waals surface area contributed by atoms with Gasteiger partial charge in [0.2, 0.25) is 0 Å². The van der Waals surface area contributed by atoms with Crippen molar-refractivity contribution in [1.29, 1.82) is 5.26 Å². The Morgan fingerprint density at radius 2 is 2.11 bits per heavy atom. The Hall–Kier alpha value is -1.43. The first kappa shape index (κ1) is 15.6. The number of aromatic nitrogens is 2. The minimum Gasteiger partial charge on any atom is -0.270 e. The van der Waals surface area contributed by atoms with Crippen LogP contribution < -0.4 is 0 Å². The van der Waals surface area contributed by atoms with Gasteiger partial charge < -0.3 is 0 Å². The second-order valence-electron chi connectivity index (χ2n) is 4.60. The maximum Gasteiger partial charge on any atom is 0.282 e. The Morgan fingerprint density at radius 1 is 1.47 bits per heavy atom. The highest BCUT2D eigenvalue weighted by molar-refractivity contribution is 7.86. The average Bonchev–Trinajstić information content (AvgIpc) is 2.77. The van der Waals surface area contributed by atoms with Crippen LogP contribution in [0.5, 0.6) is 0 Å². The molecule has 1 aromatic rings. The van der Waals surface area contributed by atoms with Crippen molar-refractivity contribution in [3.63, 3.8) is 0 Å². The van der Waals surface area contributed by atoms with E-state index in [9.17, 15) is 8.42 Å². The summed E-state index contributed by atoms with van der Waals surface area (Å²) in [5.74, 6) is 0. The standard InChI is InChI=1S/C11H19N5O2S/c1-10(2)16-7-5-11(13-16)9-15(8-6-12)19(17,18)14(3)4/h5,7,10H,8-9H2,1-4H3. The highest BCUT2D eigenvalue weighted by Crippen LogP contribution is 2.11. The third-order valence-corrected chi connectivity index (χ3v) is 4.40. The Bertz CT molecular complexity index is 556. The fourth-order valence-electron chi connectivity index (χ4n) is 1.46. The molecule has 0 aliphatic carbocycles. The fourth-order valence-corrected chi connectivity index (χ4v) is 2.44. The van der Waals surface area contributed by atoms with Crippen LogP contribution in [0.2, 0.25) is 0 Å². The van der Waals surface area contributed by atoms with Crippen LogP contribution in [0.15, 0.2) is 12.3 Å². The van der Waals surface area contributed by atoms with Crippen LogP contribution >= 0.6 is 0 Å². The van der Waals surface area contributed by atoms with Gasteiger partial charge in [-0.25, -0.2) is 0 Å². The predicted molar refractivity (Wildman–Crippen MR) is 71.2 cm³/mol. The molecule has 106 valence electrons. The van der Waals surface area contributed by atoms with Crippen molar-refractivity contribution in [3.8, 4) is 6.07 Å². The first-order chi connectivity index (χ1) is 8.78. The topological polar surface area (TPSA) is 82.2 Å². The summed E-state index contributed by atoms with van der Waals surface area (Å²) < 4.78 is 28.0. The van der Waals surface area contributed by atoms with Gasteiger partial charge in [-0.05, 0) is 19.9 Å². The summed E-state index contributed by atoms with van der Waals surface area (Å²) in [6, 6.07) is 3.84. The maximum atomic E-state index is 12.0. The fraction of sp³-hybridized carbons (Fsp3) is 0.636. The van der Waals surface area contributed by atoms with E-state index in [1.54, 1.807) is 16.9 Å². The van der Waals surface area contributed by atoms with E-state index in [1.165, 1.54) is 14.1 Å². The quantitative estimate of drug-likeness (QED) is 0.716. The zero-order valence-corrected chi connectivity index (χ0v) is 12.4. The molecule has 0 saturated carbocycles. The molecule has 1 rings (SSSR count). The number of nitriles is 1. The van der Waals surface area contributed by atoms with Gasteiger partial charge in [0.25, 0.3) is 10.2 Å². The molecule has 0 aliphatic rings. The van der Waals surface area contributed by atoms with Crippen LogP contribution in [-0.2, 0) is 16.8 Å². The van der Waals surface area contributed by atoms with E-state index in [0.29, 0.717) is 5.69 Å². The molecule has 0 fully saturated rings. The molecule has 0 aromatic carbocycles. The molecule has 0 amide bonds. The number of rotatable bonds is 6. The van der Waals surface area contributed by atoms with Crippen LogP contribution in [0.25, 0.3) is 0 Å². The van der Waals surface area contributed by atoms with Gasteiger partial charge in [0.05, 0.1) is 18.3 Å². The van der Waals surface area contributed by atoms with E-state index in [0.717, 1.165) is 8.61 Å². The molecule has 0 N–H and O–H groups in total. The predicted octanol–water partition coefficient (Wildman–Crippen LogP) is 0.596. The summed E-state index contributed by atoms with van der Waals surface area (Å²) in [4.78, 5) is 0. The van der Waals surface area contributed by atoms with Crippen molar-refractivity contribution in [3.05, 3.63) is 18.0 Å². The van der Waals surface area contributed by atoms with Gasteiger partial charge >= 0.3 is 0 Å². The molecule has 0 saturated heterocycles. The highest BCUT2D eigenvalue weighted by Gasteiger charge is 2.25. The van der Waals surface area contributed by atoms with Crippen molar-refractivity contribution in [2.45, 2.75) is 26.4 Å².